The summed E-state index contributed by atoms with van der Waals surface area (Å²) in [6.07, 6.45) is 5.19. The second kappa shape index (κ2) is 4.18. The van der Waals surface area contributed by atoms with Crippen molar-refractivity contribution >= 4 is 5.91 Å². The first-order valence-corrected chi connectivity index (χ1v) is 6.26. The molecule has 0 aliphatic heterocycles. The van der Waals surface area contributed by atoms with E-state index in [1.807, 2.05) is 0 Å². The molecular formula is C13H17NO3. The zero-order valence-electron chi connectivity index (χ0n) is 9.63. The maximum Gasteiger partial charge on any atom is 0.224 e. The molecule has 3 unspecified atom stereocenters. The summed E-state index contributed by atoms with van der Waals surface area (Å²) in [5.41, 5.74) is 0. The van der Waals surface area contributed by atoms with E-state index in [4.69, 9.17) is 4.42 Å². The summed E-state index contributed by atoms with van der Waals surface area (Å²) in [4.78, 5) is 12.0. The van der Waals surface area contributed by atoms with E-state index in [0.717, 1.165) is 0 Å². The summed E-state index contributed by atoms with van der Waals surface area (Å²) in [6, 6.07) is 3.13. The molecule has 1 heterocycles. The minimum Gasteiger partial charge on any atom is -0.467 e. The summed E-state index contributed by atoms with van der Waals surface area (Å²) in [6.45, 7) is -0.124. The highest BCUT2D eigenvalue weighted by Crippen LogP contribution is 2.57. The second-order valence-corrected chi connectivity index (χ2v) is 5.04. The predicted octanol–water partition coefficient (Wildman–Crippen LogP) is 1.48. The smallest absolute Gasteiger partial charge is 0.224 e. The molecule has 1 aromatic heterocycles. The number of nitrogens with one attached hydrogen (secondary N) is 1. The summed E-state index contributed by atoms with van der Waals surface area (Å²) in [5.74, 6) is 2.09. The molecule has 0 aromatic carbocycles. The molecule has 4 heteroatoms. The predicted molar refractivity (Wildman–Crippen MR) is 61.0 cm³/mol. The second-order valence-electron chi connectivity index (χ2n) is 5.04. The van der Waals surface area contributed by atoms with Gasteiger partial charge in [-0.3, -0.25) is 4.79 Å². The average molecular weight is 235 g/mol. The Morgan fingerprint density at radius 3 is 2.88 bits per heavy atom. The van der Waals surface area contributed by atoms with Crippen LogP contribution in [-0.2, 0) is 4.79 Å². The minimum absolute atomic E-state index is 0.0788. The summed E-state index contributed by atoms with van der Waals surface area (Å²) in [7, 11) is 0. The van der Waals surface area contributed by atoms with Crippen LogP contribution < -0.4 is 5.32 Å². The fraction of sp³-hybridized carbons (Fsp3) is 0.615. The molecule has 92 valence electrons. The number of fused-ring (bicyclic) bond motifs is 1. The summed E-state index contributed by atoms with van der Waals surface area (Å²) < 4.78 is 5.21. The van der Waals surface area contributed by atoms with Gasteiger partial charge in [0.25, 0.3) is 0 Å². The number of amides is 1. The van der Waals surface area contributed by atoms with Crippen LogP contribution in [0.5, 0.6) is 0 Å². The molecule has 1 aromatic rings. The van der Waals surface area contributed by atoms with Crippen molar-refractivity contribution in [3.63, 3.8) is 0 Å². The molecule has 3 rings (SSSR count). The van der Waals surface area contributed by atoms with Crippen LogP contribution in [0, 0.1) is 17.8 Å². The normalized spacial score (nSPS) is 31.9. The van der Waals surface area contributed by atoms with Crippen molar-refractivity contribution < 1.29 is 14.3 Å². The van der Waals surface area contributed by atoms with Gasteiger partial charge in [-0.1, -0.05) is 6.42 Å². The van der Waals surface area contributed by atoms with Crippen molar-refractivity contribution in [1.29, 1.82) is 0 Å². The van der Waals surface area contributed by atoms with E-state index >= 15 is 0 Å². The highest BCUT2D eigenvalue weighted by Gasteiger charge is 2.56. The van der Waals surface area contributed by atoms with Gasteiger partial charge in [0.05, 0.1) is 12.9 Å². The number of hydrogen-bond donors (Lipinski definition) is 2. The fourth-order valence-corrected chi connectivity index (χ4v) is 3.17. The van der Waals surface area contributed by atoms with E-state index in [9.17, 15) is 9.90 Å². The Labute approximate surface area is 100 Å². The van der Waals surface area contributed by atoms with E-state index in [2.05, 4.69) is 5.32 Å². The third-order valence-electron chi connectivity index (χ3n) is 4.09. The van der Waals surface area contributed by atoms with E-state index in [1.165, 1.54) is 19.3 Å². The maximum atomic E-state index is 12.0. The van der Waals surface area contributed by atoms with Gasteiger partial charge >= 0.3 is 0 Å². The molecule has 2 N–H and O–H groups in total. The van der Waals surface area contributed by atoms with Crippen molar-refractivity contribution in [2.24, 2.45) is 17.8 Å². The standard InChI is InChI=1S/C13H17NO3/c15-7-10(11-5-2-6-17-11)14-13(16)12-8-3-1-4-9(8)12/h2,5-6,8-10,12,15H,1,3-4,7H2,(H,14,16). The van der Waals surface area contributed by atoms with Crippen LogP contribution in [0.4, 0.5) is 0 Å². The molecule has 0 radical (unpaired) electrons. The Kier molecular flexibility index (Phi) is 2.67. The number of hydrogen-bond acceptors (Lipinski definition) is 3. The summed E-state index contributed by atoms with van der Waals surface area (Å²) in [5, 5.41) is 12.2. The Morgan fingerprint density at radius 1 is 1.53 bits per heavy atom. The molecular weight excluding hydrogens is 218 g/mol. The lowest BCUT2D eigenvalue weighted by Gasteiger charge is -2.14. The number of furan rings is 1. The van der Waals surface area contributed by atoms with Crippen LogP contribution in [0.1, 0.15) is 31.1 Å². The van der Waals surface area contributed by atoms with Gasteiger partial charge < -0.3 is 14.8 Å². The van der Waals surface area contributed by atoms with Gasteiger partial charge in [-0.05, 0) is 36.8 Å². The molecule has 2 aliphatic rings. The quantitative estimate of drug-likeness (QED) is 0.830. The first-order chi connectivity index (χ1) is 8.31. The Bertz CT molecular complexity index is 391. The highest BCUT2D eigenvalue weighted by molar-refractivity contribution is 5.82. The Balaban J connectivity index is 1.60. The van der Waals surface area contributed by atoms with Crippen LogP contribution in [0.2, 0.25) is 0 Å². The number of carbonyl (C=O) groups excluding carboxylic acids is 1. The molecule has 0 bridgehead atoms. The lowest BCUT2D eigenvalue weighted by atomic mass is 10.1. The zero-order chi connectivity index (χ0) is 11.8. The third-order valence-corrected chi connectivity index (χ3v) is 4.09. The van der Waals surface area contributed by atoms with Crippen LogP contribution in [-0.4, -0.2) is 17.6 Å². The van der Waals surface area contributed by atoms with E-state index in [0.29, 0.717) is 17.6 Å². The topological polar surface area (TPSA) is 62.5 Å². The van der Waals surface area contributed by atoms with Crippen LogP contribution in [0.15, 0.2) is 22.8 Å². The van der Waals surface area contributed by atoms with E-state index < -0.39 is 6.04 Å². The van der Waals surface area contributed by atoms with Crippen molar-refractivity contribution in [2.45, 2.75) is 25.3 Å². The van der Waals surface area contributed by atoms with Gasteiger partial charge in [-0.2, -0.15) is 0 Å². The molecule has 3 atom stereocenters. The monoisotopic (exact) mass is 235 g/mol. The molecule has 4 nitrogen and oxygen atoms in total. The van der Waals surface area contributed by atoms with Gasteiger partial charge in [0.2, 0.25) is 5.91 Å². The van der Waals surface area contributed by atoms with E-state index in [-0.39, 0.29) is 18.4 Å². The zero-order valence-corrected chi connectivity index (χ0v) is 9.63. The van der Waals surface area contributed by atoms with Gasteiger partial charge in [0, 0.05) is 5.92 Å². The molecule has 17 heavy (non-hydrogen) atoms. The highest BCUT2D eigenvalue weighted by atomic mass is 16.3. The summed E-state index contributed by atoms with van der Waals surface area (Å²) >= 11 is 0. The van der Waals surface area contributed by atoms with Crippen molar-refractivity contribution in [3.05, 3.63) is 24.2 Å². The average Bonchev–Trinajstić information content (AvgIpc) is 2.82. The lowest BCUT2D eigenvalue weighted by molar-refractivity contribution is -0.124. The third kappa shape index (κ3) is 1.86. The van der Waals surface area contributed by atoms with Crippen molar-refractivity contribution in [2.75, 3.05) is 6.61 Å². The van der Waals surface area contributed by atoms with Crippen LogP contribution in [0.25, 0.3) is 0 Å². The lowest BCUT2D eigenvalue weighted by Crippen LogP contribution is -2.32. The van der Waals surface area contributed by atoms with Gasteiger partial charge in [0.1, 0.15) is 11.8 Å². The van der Waals surface area contributed by atoms with Gasteiger partial charge in [0.15, 0.2) is 0 Å². The van der Waals surface area contributed by atoms with Crippen LogP contribution in [0.3, 0.4) is 0 Å². The van der Waals surface area contributed by atoms with Crippen molar-refractivity contribution in [3.8, 4) is 0 Å². The Morgan fingerprint density at radius 2 is 2.29 bits per heavy atom. The minimum atomic E-state index is -0.404. The molecule has 2 fully saturated rings. The largest absolute Gasteiger partial charge is 0.467 e. The molecule has 2 saturated carbocycles. The molecule has 1 amide bonds. The number of aliphatic hydroxyl groups excluding tert-OH is 1. The van der Waals surface area contributed by atoms with Gasteiger partial charge in [-0.25, -0.2) is 0 Å². The van der Waals surface area contributed by atoms with E-state index in [1.54, 1.807) is 18.4 Å². The number of carbonyl (C=O) groups is 1. The maximum absolute atomic E-state index is 12.0. The first-order valence-electron chi connectivity index (χ1n) is 6.26. The molecule has 0 spiro atoms. The Hall–Kier alpha value is -1.29. The SMILES string of the molecule is O=C(NC(CO)c1ccco1)C1C2CCCC21. The van der Waals surface area contributed by atoms with Crippen molar-refractivity contribution in [1.82, 2.24) is 5.32 Å². The fourth-order valence-electron chi connectivity index (χ4n) is 3.17. The van der Waals surface area contributed by atoms with Crippen LogP contribution >= 0.6 is 0 Å². The first kappa shape index (κ1) is 10.8. The number of aliphatic hydroxyl groups is 1. The molecule has 0 saturated heterocycles. The van der Waals surface area contributed by atoms with Gasteiger partial charge in [-0.15, -0.1) is 0 Å². The molecule has 2 aliphatic carbocycles. The number of rotatable bonds is 4.